The predicted molar refractivity (Wildman–Crippen MR) is 77.6 cm³/mol. The Morgan fingerprint density at radius 3 is 2.50 bits per heavy atom. The summed E-state index contributed by atoms with van der Waals surface area (Å²) >= 11 is 6.30. The van der Waals surface area contributed by atoms with Crippen molar-refractivity contribution in [2.45, 2.75) is 33.7 Å². The monoisotopic (exact) mass is 268 g/mol. The van der Waals surface area contributed by atoms with Crippen molar-refractivity contribution in [3.63, 3.8) is 0 Å². The van der Waals surface area contributed by atoms with E-state index in [1.54, 1.807) is 12.3 Å². The highest BCUT2D eigenvalue weighted by Crippen LogP contribution is 2.28. The molecule has 5 heteroatoms. The number of aromatic nitrogens is 1. The minimum atomic E-state index is -0.0306. The van der Waals surface area contributed by atoms with E-state index in [1.807, 2.05) is 0 Å². The van der Waals surface area contributed by atoms with Crippen LogP contribution in [0.5, 0.6) is 0 Å². The van der Waals surface area contributed by atoms with Gasteiger partial charge in [-0.15, -0.1) is 0 Å². The van der Waals surface area contributed by atoms with E-state index < -0.39 is 0 Å². The zero-order valence-corrected chi connectivity index (χ0v) is 12.1. The van der Waals surface area contributed by atoms with Gasteiger partial charge in [0.15, 0.2) is 0 Å². The fraction of sp³-hybridized carbons (Fsp3) is 0.538. The number of nitrogen functional groups attached to an aromatic ring is 1. The molecule has 0 saturated carbocycles. The molecule has 100 valence electrons. The van der Waals surface area contributed by atoms with Gasteiger partial charge in [0.2, 0.25) is 0 Å². The Morgan fingerprint density at radius 1 is 1.44 bits per heavy atom. The first kappa shape index (κ1) is 14.8. The van der Waals surface area contributed by atoms with Crippen LogP contribution < -0.4 is 10.6 Å². The highest BCUT2D eigenvalue weighted by molar-refractivity contribution is 6.36. The average Bonchev–Trinajstić information content (AvgIpc) is 2.25. The van der Waals surface area contributed by atoms with Gasteiger partial charge in [-0.25, -0.2) is 4.98 Å². The first-order valence-electron chi connectivity index (χ1n) is 6.10. The fourth-order valence-corrected chi connectivity index (χ4v) is 2.10. The summed E-state index contributed by atoms with van der Waals surface area (Å²) in [6.07, 6.45) is 1.65. The van der Waals surface area contributed by atoms with Gasteiger partial charge in [-0.3, -0.25) is 5.41 Å². The lowest BCUT2D eigenvalue weighted by Gasteiger charge is -2.30. The van der Waals surface area contributed by atoms with E-state index in [0.29, 0.717) is 28.4 Å². The molecule has 0 aliphatic carbocycles. The van der Waals surface area contributed by atoms with Crippen molar-refractivity contribution >= 4 is 23.3 Å². The van der Waals surface area contributed by atoms with Crippen molar-refractivity contribution in [2.24, 2.45) is 11.7 Å². The normalized spacial score (nSPS) is 11.1. The van der Waals surface area contributed by atoms with E-state index in [4.69, 9.17) is 22.7 Å². The Bertz CT molecular complexity index is 429. The molecule has 0 atom stereocenters. The Balaban J connectivity index is 3.20. The Morgan fingerprint density at radius 2 is 2.06 bits per heavy atom. The van der Waals surface area contributed by atoms with Crippen LogP contribution in [0, 0.1) is 11.3 Å². The standard InChI is InChI=1S/C13H21ClN4/c1-8(2)7-18(9(3)4)13-11(14)10(12(15)16)5-6-17-13/h5-6,8-9H,7H2,1-4H3,(H3,15,16). The molecule has 0 aliphatic heterocycles. The molecule has 0 fully saturated rings. The number of hydrogen-bond acceptors (Lipinski definition) is 3. The molecule has 1 heterocycles. The topological polar surface area (TPSA) is 66.0 Å². The Kier molecular flexibility index (Phi) is 4.96. The van der Waals surface area contributed by atoms with Gasteiger partial charge in [-0.1, -0.05) is 25.4 Å². The third kappa shape index (κ3) is 3.35. The van der Waals surface area contributed by atoms with Crippen LogP contribution in [0.15, 0.2) is 12.3 Å². The number of nitrogens with one attached hydrogen (secondary N) is 1. The SMILES string of the molecule is CC(C)CN(c1nccc(C(=N)N)c1Cl)C(C)C. The maximum absolute atomic E-state index is 7.51. The minimum absolute atomic E-state index is 0.0306. The molecule has 0 aromatic carbocycles. The molecule has 0 spiro atoms. The number of hydrogen-bond donors (Lipinski definition) is 2. The molecule has 3 N–H and O–H groups in total. The summed E-state index contributed by atoms with van der Waals surface area (Å²) in [4.78, 5) is 6.48. The van der Waals surface area contributed by atoms with Gasteiger partial charge in [0, 0.05) is 24.3 Å². The zero-order chi connectivity index (χ0) is 13.9. The maximum Gasteiger partial charge on any atom is 0.148 e. The number of pyridine rings is 1. The van der Waals surface area contributed by atoms with Crippen LogP contribution in [-0.4, -0.2) is 23.4 Å². The largest absolute Gasteiger partial charge is 0.384 e. The summed E-state index contributed by atoms with van der Waals surface area (Å²) in [5.41, 5.74) is 6.05. The zero-order valence-electron chi connectivity index (χ0n) is 11.4. The molecule has 0 radical (unpaired) electrons. The second kappa shape index (κ2) is 6.05. The van der Waals surface area contributed by atoms with E-state index in [2.05, 4.69) is 37.6 Å². The van der Waals surface area contributed by atoms with Crippen LogP contribution >= 0.6 is 11.6 Å². The van der Waals surface area contributed by atoms with E-state index in [-0.39, 0.29) is 5.84 Å². The molecule has 0 unspecified atom stereocenters. The first-order chi connectivity index (χ1) is 8.34. The van der Waals surface area contributed by atoms with Crippen LogP contribution in [0.1, 0.15) is 33.3 Å². The quantitative estimate of drug-likeness (QED) is 0.637. The molecule has 1 aromatic heterocycles. The summed E-state index contributed by atoms with van der Waals surface area (Å²) < 4.78 is 0. The Labute approximate surface area is 114 Å². The number of nitrogens with two attached hydrogens (primary N) is 1. The molecular formula is C13H21ClN4. The highest BCUT2D eigenvalue weighted by Gasteiger charge is 2.19. The summed E-state index contributed by atoms with van der Waals surface area (Å²) in [5.74, 6) is 1.18. The summed E-state index contributed by atoms with van der Waals surface area (Å²) in [5, 5.41) is 7.97. The molecule has 18 heavy (non-hydrogen) atoms. The minimum Gasteiger partial charge on any atom is -0.384 e. The molecule has 0 aliphatic rings. The lowest BCUT2D eigenvalue weighted by Crippen LogP contribution is -2.35. The van der Waals surface area contributed by atoms with Crippen molar-refractivity contribution in [3.05, 3.63) is 22.8 Å². The number of halogens is 1. The van der Waals surface area contributed by atoms with Crippen LogP contribution in [0.3, 0.4) is 0 Å². The van der Waals surface area contributed by atoms with Gasteiger partial charge in [0.05, 0.1) is 5.02 Å². The third-order valence-electron chi connectivity index (χ3n) is 2.62. The van der Waals surface area contributed by atoms with Crippen LogP contribution in [0.25, 0.3) is 0 Å². The van der Waals surface area contributed by atoms with E-state index >= 15 is 0 Å². The molecular weight excluding hydrogens is 248 g/mol. The lowest BCUT2D eigenvalue weighted by atomic mass is 10.1. The van der Waals surface area contributed by atoms with Crippen LogP contribution in [0.4, 0.5) is 5.82 Å². The lowest BCUT2D eigenvalue weighted by molar-refractivity contribution is 0.566. The average molecular weight is 269 g/mol. The second-order valence-electron chi connectivity index (χ2n) is 5.05. The fourth-order valence-electron chi connectivity index (χ4n) is 1.78. The van der Waals surface area contributed by atoms with Gasteiger partial charge >= 0.3 is 0 Å². The molecule has 4 nitrogen and oxygen atoms in total. The van der Waals surface area contributed by atoms with E-state index in [0.717, 1.165) is 6.54 Å². The van der Waals surface area contributed by atoms with Crippen molar-refractivity contribution in [1.82, 2.24) is 4.98 Å². The molecule has 1 rings (SSSR count). The van der Waals surface area contributed by atoms with Crippen molar-refractivity contribution in [3.8, 4) is 0 Å². The van der Waals surface area contributed by atoms with Gasteiger partial charge in [-0.05, 0) is 25.8 Å². The smallest absolute Gasteiger partial charge is 0.148 e. The number of nitrogens with zero attached hydrogens (tertiary/aromatic N) is 2. The Hall–Kier alpha value is -1.29. The van der Waals surface area contributed by atoms with Crippen molar-refractivity contribution < 1.29 is 0 Å². The number of rotatable bonds is 5. The van der Waals surface area contributed by atoms with Crippen LogP contribution in [0.2, 0.25) is 5.02 Å². The van der Waals surface area contributed by atoms with E-state index in [1.165, 1.54) is 0 Å². The second-order valence-corrected chi connectivity index (χ2v) is 5.43. The molecule has 1 aromatic rings. The van der Waals surface area contributed by atoms with Gasteiger partial charge in [-0.2, -0.15) is 0 Å². The highest BCUT2D eigenvalue weighted by atomic mass is 35.5. The first-order valence-corrected chi connectivity index (χ1v) is 6.48. The van der Waals surface area contributed by atoms with Crippen molar-refractivity contribution in [2.75, 3.05) is 11.4 Å². The summed E-state index contributed by atoms with van der Waals surface area (Å²) in [6.45, 7) is 9.36. The van der Waals surface area contributed by atoms with Crippen LogP contribution in [-0.2, 0) is 0 Å². The van der Waals surface area contributed by atoms with E-state index in [9.17, 15) is 0 Å². The predicted octanol–water partition coefficient (Wildman–Crippen LogP) is 2.89. The van der Waals surface area contributed by atoms with Gasteiger partial charge < -0.3 is 10.6 Å². The number of amidine groups is 1. The summed E-state index contributed by atoms with van der Waals surface area (Å²) in [7, 11) is 0. The molecule has 0 amide bonds. The van der Waals surface area contributed by atoms with Crippen molar-refractivity contribution in [1.29, 1.82) is 5.41 Å². The number of anilines is 1. The summed E-state index contributed by atoms with van der Waals surface area (Å²) in [6, 6.07) is 1.96. The van der Waals surface area contributed by atoms with Gasteiger partial charge in [0.1, 0.15) is 11.7 Å². The maximum atomic E-state index is 7.51. The third-order valence-corrected chi connectivity index (χ3v) is 2.99. The molecule has 0 bridgehead atoms. The van der Waals surface area contributed by atoms with Gasteiger partial charge in [0.25, 0.3) is 0 Å². The molecule has 0 saturated heterocycles.